The third-order valence-corrected chi connectivity index (χ3v) is 3.92. The van der Waals surface area contributed by atoms with E-state index >= 15 is 0 Å². The molecule has 0 aliphatic heterocycles. The van der Waals surface area contributed by atoms with E-state index in [0.717, 1.165) is 10.2 Å². The van der Waals surface area contributed by atoms with Crippen molar-refractivity contribution in [3.05, 3.63) is 28.7 Å². The van der Waals surface area contributed by atoms with Crippen molar-refractivity contribution in [2.75, 3.05) is 5.43 Å². The van der Waals surface area contributed by atoms with Gasteiger partial charge in [0.15, 0.2) is 0 Å². The molecule has 0 spiro atoms. The van der Waals surface area contributed by atoms with Crippen LogP contribution in [0, 0.1) is 5.92 Å². The quantitative estimate of drug-likeness (QED) is 0.829. The van der Waals surface area contributed by atoms with E-state index in [9.17, 15) is 4.79 Å². The first-order valence-corrected chi connectivity index (χ1v) is 7.34. The number of benzene rings is 1. The van der Waals surface area contributed by atoms with Crippen LogP contribution in [0.4, 0.5) is 5.69 Å². The fourth-order valence-electron chi connectivity index (χ4n) is 2.38. The van der Waals surface area contributed by atoms with Crippen LogP contribution < -0.4 is 10.9 Å². The second-order valence-electron chi connectivity index (χ2n) is 4.89. The molecule has 0 atom stereocenters. The maximum Gasteiger partial charge on any atom is 0.238 e. The average Bonchev–Trinajstić information content (AvgIpc) is 2.39. The number of nitrogens with one attached hydrogen (secondary N) is 2. The van der Waals surface area contributed by atoms with Crippen LogP contribution in [0.5, 0.6) is 0 Å². The van der Waals surface area contributed by atoms with Crippen molar-refractivity contribution in [1.82, 2.24) is 5.43 Å². The van der Waals surface area contributed by atoms with E-state index in [2.05, 4.69) is 26.8 Å². The molecule has 0 heterocycles. The molecule has 1 aromatic carbocycles. The number of hydrazine groups is 1. The van der Waals surface area contributed by atoms with Gasteiger partial charge >= 0.3 is 0 Å². The Morgan fingerprint density at radius 3 is 2.50 bits per heavy atom. The molecule has 1 saturated carbocycles. The van der Waals surface area contributed by atoms with Crippen molar-refractivity contribution in [1.29, 1.82) is 0 Å². The van der Waals surface area contributed by atoms with Crippen LogP contribution in [0.15, 0.2) is 28.7 Å². The molecule has 98 valence electrons. The summed E-state index contributed by atoms with van der Waals surface area (Å²) in [5, 5.41) is 0. The standard InChI is InChI=1S/C14H19BrN2O/c15-12-6-8-13(9-7-12)16-17-14(18)10-11-4-2-1-3-5-11/h6-9,11,16H,1-5,10H2,(H,17,18). The van der Waals surface area contributed by atoms with Gasteiger partial charge in [-0.25, -0.2) is 0 Å². The van der Waals surface area contributed by atoms with E-state index in [-0.39, 0.29) is 5.91 Å². The maximum absolute atomic E-state index is 11.8. The smallest absolute Gasteiger partial charge is 0.238 e. The highest BCUT2D eigenvalue weighted by Crippen LogP contribution is 2.26. The number of carbonyl (C=O) groups excluding carboxylic acids is 1. The number of halogens is 1. The lowest BCUT2D eigenvalue weighted by Crippen LogP contribution is -2.31. The van der Waals surface area contributed by atoms with Crippen LogP contribution in [-0.2, 0) is 4.79 Å². The normalized spacial score (nSPS) is 16.3. The summed E-state index contributed by atoms with van der Waals surface area (Å²) in [4.78, 5) is 11.8. The zero-order valence-corrected chi connectivity index (χ0v) is 12.0. The second-order valence-corrected chi connectivity index (χ2v) is 5.80. The number of hydrogen-bond acceptors (Lipinski definition) is 2. The predicted octanol–water partition coefficient (Wildman–Crippen LogP) is 3.86. The van der Waals surface area contributed by atoms with Gasteiger partial charge in [0.1, 0.15) is 0 Å². The summed E-state index contributed by atoms with van der Waals surface area (Å²) in [5.41, 5.74) is 6.60. The molecule has 2 N–H and O–H groups in total. The van der Waals surface area contributed by atoms with Crippen LogP contribution in [0.3, 0.4) is 0 Å². The summed E-state index contributed by atoms with van der Waals surface area (Å²) >= 11 is 3.38. The Labute approximate surface area is 116 Å². The molecule has 2 rings (SSSR count). The van der Waals surface area contributed by atoms with Crippen LogP contribution in [0.25, 0.3) is 0 Å². The fraction of sp³-hybridized carbons (Fsp3) is 0.500. The lowest BCUT2D eigenvalue weighted by Gasteiger charge is -2.21. The van der Waals surface area contributed by atoms with Crippen LogP contribution in [-0.4, -0.2) is 5.91 Å². The highest BCUT2D eigenvalue weighted by Gasteiger charge is 2.16. The Hall–Kier alpha value is -1.03. The molecular weight excluding hydrogens is 292 g/mol. The number of amides is 1. The highest BCUT2D eigenvalue weighted by molar-refractivity contribution is 9.10. The van der Waals surface area contributed by atoms with E-state index in [1.165, 1.54) is 32.1 Å². The third-order valence-electron chi connectivity index (χ3n) is 3.39. The van der Waals surface area contributed by atoms with E-state index in [4.69, 9.17) is 0 Å². The average molecular weight is 311 g/mol. The number of rotatable bonds is 4. The molecule has 0 radical (unpaired) electrons. The number of carbonyl (C=O) groups is 1. The predicted molar refractivity (Wildman–Crippen MR) is 77.1 cm³/mol. The van der Waals surface area contributed by atoms with E-state index in [1.807, 2.05) is 24.3 Å². The highest BCUT2D eigenvalue weighted by atomic mass is 79.9. The molecule has 4 heteroatoms. The van der Waals surface area contributed by atoms with Gasteiger partial charge in [0.25, 0.3) is 0 Å². The molecule has 1 aromatic rings. The van der Waals surface area contributed by atoms with E-state index in [1.54, 1.807) is 0 Å². The monoisotopic (exact) mass is 310 g/mol. The SMILES string of the molecule is O=C(CC1CCCCC1)NNc1ccc(Br)cc1. The van der Waals surface area contributed by atoms with Gasteiger partial charge in [0, 0.05) is 10.9 Å². The van der Waals surface area contributed by atoms with Crippen molar-refractivity contribution in [3.8, 4) is 0 Å². The summed E-state index contributed by atoms with van der Waals surface area (Å²) in [6, 6.07) is 7.72. The molecule has 0 bridgehead atoms. The topological polar surface area (TPSA) is 41.1 Å². The van der Waals surface area contributed by atoms with Gasteiger partial charge in [-0.05, 0) is 43.0 Å². The van der Waals surface area contributed by atoms with Crippen LogP contribution in [0.2, 0.25) is 0 Å². The largest absolute Gasteiger partial charge is 0.299 e. The Morgan fingerprint density at radius 1 is 1.17 bits per heavy atom. The van der Waals surface area contributed by atoms with Crippen LogP contribution in [0.1, 0.15) is 38.5 Å². The minimum absolute atomic E-state index is 0.0878. The summed E-state index contributed by atoms with van der Waals surface area (Å²) in [5.74, 6) is 0.662. The Kier molecular flexibility index (Phi) is 5.05. The van der Waals surface area contributed by atoms with Gasteiger partial charge in [0.05, 0.1) is 5.69 Å². The number of anilines is 1. The maximum atomic E-state index is 11.8. The van der Waals surface area contributed by atoms with Gasteiger partial charge in [0.2, 0.25) is 5.91 Å². The van der Waals surface area contributed by atoms with Gasteiger partial charge in [-0.15, -0.1) is 0 Å². The molecule has 0 saturated heterocycles. The van der Waals surface area contributed by atoms with Gasteiger partial charge in [-0.1, -0.05) is 35.2 Å². The van der Waals surface area contributed by atoms with E-state index < -0.39 is 0 Å². The van der Waals surface area contributed by atoms with Gasteiger partial charge in [-0.3, -0.25) is 15.6 Å². The first-order valence-electron chi connectivity index (χ1n) is 6.54. The van der Waals surface area contributed by atoms with Crippen molar-refractivity contribution in [2.24, 2.45) is 5.92 Å². The Morgan fingerprint density at radius 2 is 1.83 bits per heavy atom. The first kappa shape index (κ1) is 13.4. The molecule has 3 nitrogen and oxygen atoms in total. The molecule has 1 fully saturated rings. The zero-order valence-electron chi connectivity index (χ0n) is 10.4. The molecule has 1 amide bonds. The van der Waals surface area contributed by atoms with Gasteiger partial charge in [-0.2, -0.15) is 0 Å². The minimum atomic E-state index is 0.0878. The zero-order chi connectivity index (χ0) is 12.8. The summed E-state index contributed by atoms with van der Waals surface area (Å²) in [7, 11) is 0. The Bertz CT molecular complexity index is 385. The fourth-order valence-corrected chi connectivity index (χ4v) is 2.64. The van der Waals surface area contributed by atoms with Gasteiger partial charge < -0.3 is 0 Å². The second kappa shape index (κ2) is 6.78. The molecule has 1 aliphatic carbocycles. The summed E-state index contributed by atoms with van der Waals surface area (Å²) in [6.07, 6.45) is 6.92. The third kappa shape index (κ3) is 4.33. The summed E-state index contributed by atoms with van der Waals surface area (Å²) < 4.78 is 1.03. The lowest BCUT2D eigenvalue weighted by atomic mass is 9.87. The molecule has 0 unspecified atom stereocenters. The van der Waals surface area contributed by atoms with Crippen molar-refractivity contribution in [3.63, 3.8) is 0 Å². The van der Waals surface area contributed by atoms with Crippen molar-refractivity contribution >= 4 is 27.5 Å². The molecule has 18 heavy (non-hydrogen) atoms. The minimum Gasteiger partial charge on any atom is -0.299 e. The Balaban J connectivity index is 1.72. The lowest BCUT2D eigenvalue weighted by molar-refractivity contribution is -0.121. The summed E-state index contributed by atoms with van der Waals surface area (Å²) in [6.45, 7) is 0. The van der Waals surface area contributed by atoms with E-state index in [0.29, 0.717) is 12.3 Å². The number of hydrogen-bond donors (Lipinski definition) is 2. The van der Waals surface area contributed by atoms with Crippen LogP contribution >= 0.6 is 15.9 Å². The van der Waals surface area contributed by atoms with Crippen molar-refractivity contribution in [2.45, 2.75) is 38.5 Å². The molecule has 0 aromatic heterocycles. The first-order chi connectivity index (χ1) is 8.74. The van der Waals surface area contributed by atoms with Crippen molar-refractivity contribution < 1.29 is 4.79 Å². The molecule has 1 aliphatic rings. The molecular formula is C14H19BrN2O.